The van der Waals surface area contributed by atoms with E-state index in [9.17, 15) is 9.59 Å². The van der Waals surface area contributed by atoms with Gasteiger partial charge in [-0.2, -0.15) is 0 Å². The van der Waals surface area contributed by atoms with Crippen LogP contribution in [0.25, 0.3) is 0 Å². The molecule has 0 aliphatic rings. The molecule has 0 heterocycles. The van der Waals surface area contributed by atoms with Crippen molar-refractivity contribution in [2.24, 2.45) is 0 Å². The molecule has 0 amide bonds. The van der Waals surface area contributed by atoms with Crippen LogP contribution in [0.1, 0.15) is 36.5 Å². The van der Waals surface area contributed by atoms with Crippen LogP contribution in [0.15, 0.2) is 30.3 Å². The molecule has 0 aromatic heterocycles. The lowest BCUT2D eigenvalue weighted by atomic mass is 10.1. The number of esters is 1. The quantitative estimate of drug-likeness (QED) is 0.0499. The van der Waals surface area contributed by atoms with Crippen LogP contribution in [0, 0.1) is 0 Å². The number of Topliss-reactive ketones (excluding diaryl/α,β-unsaturated/α-hetero) is 1. The molecule has 0 saturated heterocycles. The summed E-state index contributed by atoms with van der Waals surface area (Å²) in [6, 6.07) is 8.27. The summed E-state index contributed by atoms with van der Waals surface area (Å²) in [6.07, 6.45) is 3.52. The average molecular weight is 617 g/mol. The Morgan fingerprint density at radius 3 is 1.12 bits per heavy atom. The standard InChI is InChI=1S/C31H52O12/c1-2-3-7-10-34-11-12-35-13-14-36-15-16-37-17-18-38-19-20-39-21-22-40-23-24-41-25-26-42-27-28-43-31(33)30(32)29-8-5-4-6-9-29/h4-6,8-9H,2-3,7,10-28H2,1H3. The van der Waals surface area contributed by atoms with Crippen molar-refractivity contribution in [3.8, 4) is 0 Å². The molecule has 0 N–H and O–H groups in total. The summed E-state index contributed by atoms with van der Waals surface area (Å²) in [5.41, 5.74) is 0.299. The number of rotatable bonds is 33. The first-order chi connectivity index (χ1) is 21.3. The highest BCUT2D eigenvalue weighted by atomic mass is 16.6. The van der Waals surface area contributed by atoms with Crippen molar-refractivity contribution in [2.75, 3.05) is 126 Å². The first-order valence-electron chi connectivity index (χ1n) is 15.2. The van der Waals surface area contributed by atoms with E-state index in [1.807, 2.05) is 0 Å². The number of carbonyl (C=O) groups excluding carboxylic acids is 2. The highest BCUT2D eigenvalue weighted by molar-refractivity contribution is 6.40. The number of benzene rings is 1. The Labute approximate surface area is 256 Å². The van der Waals surface area contributed by atoms with E-state index in [2.05, 4.69) is 6.92 Å². The molecule has 0 aliphatic carbocycles. The number of ether oxygens (including phenoxy) is 10. The molecule has 1 aromatic carbocycles. The molecule has 248 valence electrons. The second kappa shape index (κ2) is 31.4. The van der Waals surface area contributed by atoms with Crippen molar-refractivity contribution >= 4 is 11.8 Å². The van der Waals surface area contributed by atoms with Crippen LogP contribution in [0.4, 0.5) is 0 Å². The fourth-order valence-electron chi connectivity index (χ4n) is 3.28. The van der Waals surface area contributed by atoms with Crippen LogP contribution in [0.2, 0.25) is 0 Å². The fourth-order valence-corrected chi connectivity index (χ4v) is 3.28. The molecule has 0 bridgehead atoms. The molecule has 1 aromatic rings. The molecule has 0 unspecified atom stereocenters. The minimum Gasteiger partial charge on any atom is -0.457 e. The summed E-state index contributed by atoms with van der Waals surface area (Å²) in [7, 11) is 0. The summed E-state index contributed by atoms with van der Waals surface area (Å²) >= 11 is 0. The van der Waals surface area contributed by atoms with Gasteiger partial charge in [-0.05, 0) is 6.42 Å². The van der Waals surface area contributed by atoms with Crippen LogP contribution in [-0.4, -0.2) is 137 Å². The first-order valence-corrected chi connectivity index (χ1v) is 15.2. The Hall–Kier alpha value is -2.00. The van der Waals surface area contributed by atoms with Gasteiger partial charge in [-0.15, -0.1) is 0 Å². The van der Waals surface area contributed by atoms with Crippen LogP contribution in [0.5, 0.6) is 0 Å². The van der Waals surface area contributed by atoms with Crippen LogP contribution >= 0.6 is 0 Å². The number of hydrogen-bond acceptors (Lipinski definition) is 12. The molecule has 0 aliphatic heterocycles. The maximum absolute atomic E-state index is 11.9. The number of unbranched alkanes of at least 4 members (excludes halogenated alkanes) is 2. The topological polar surface area (TPSA) is 126 Å². The van der Waals surface area contributed by atoms with Crippen molar-refractivity contribution in [2.45, 2.75) is 26.2 Å². The third-order valence-corrected chi connectivity index (χ3v) is 5.55. The zero-order chi connectivity index (χ0) is 30.9. The summed E-state index contributed by atoms with van der Waals surface area (Å²) in [6.45, 7) is 11.1. The summed E-state index contributed by atoms with van der Waals surface area (Å²) in [4.78, 5) is 23.6. The third kappa shape index (κ3) is 26.1. The fraction of sp³-hybridized carbons (Fsp3) is 0.742. The number of hydrogen-bond donors (Lipinski definition) is 0. The van der Waals surface area contributed by atoms with Crippen LogP contribution in [-0.2, 0) is 52.2 Å². The number of ketones is 1. The zero-order valence-corrected chi connectivity index (χ0v) is 25.8. The monoisotopic (exact) mass is 616 g/mol. The second-order valence-electron chi connectivity index (χ2n) is 9.05. The first kappa shape index (κ1) is 39.0. The summed E-state index contributed by atoms with van der Waals surface area (Å²) < 4.78 is 53.8. The van der Waals surface area contributed by atoms with E-state index in [-0.39, 0.29) is 13.2 Å². The minimum atomic E-state index is -0.894. The molecule has 0 saturated carbocycles. The van der Waals surface area contributed by atoms with Crippen molar-refractivity contribution in [3.05, 3.63) is 35.9 Å². The van der Waals surface area contributed by atoms with E-state index in [0.29, 0.717) is 111 Å². The molecule has 1 rings (SSSR count). The molecule has 0 atom stereocenters. The summed E-state index contributed by atoms with van der Waals surface area (Å²) in [5, 5.41) is 0. The Balaban J connectivity index is 1.68. The average Bonchev–Trinajstić information content (AvgIpc) is 3.03. The van der Waals surface area contributed by atoms with E-state index in [1.165, 1.54) is 12.8 Å². The van der Waals surface area contributed by atoms with Gasteiger partial charge in [-0.3, -0.25) is 4.79 Å². The van der Waals surface area contributed by atoms with Gasteiger partial charge in [0.05, 0.1) is 112 Å². The van der Waals surface area contributed by atoms with Gasteiger partial charge in [0.1, 0.15) is 6.61 Å². The number of carbonyl (C=O) groups is 2. The molecule has 12 heteroatoms. The van der Waals surface area contributed by atoms with Crippen molar-refractivity contribution in [1.29, 1.82) is 0 Å². The van der Waals surface area contributed by atoms with E-state index < -0.39 is 11.8 Å². The normalized spacial score (nSPS) is 11.2. The zero-order valence-electron chi connectivity index (χ0n) is 25.8. The van der Waals surface area contributed by atoms with Crippen molar-refractivity contribution < 1.29 is 57.0 Å². The SMILES string of the molecule is CCCCCOCCOCCOCCOCCOCCOCCOCCOCCOCCOC(=O)C(=O)c1ccccc1. The maximum Gasteiger partial charge on any atom is 0.379 e. The molecule has 0 radical (unpaired) electrons. The predicted molar refractivity (Wildman–Crippen MR) is 159 cm³/mol. The third-order valence-electron chi connectivity index (χ3n) is 5.55. The Morgan fingerprint density at radius 1 is 0.442 bits per heavy atom. The Bertz CT molecular complexity index is 750. The highest BCUT2D eigenvalue weighted by Crippen LogP contribution is 2.01. The molecule has 0 fully saturated rings. The highest BCUT2D eigenvalue weighted by Gasteiger charge is 2.17. The molecule has 43 heavy (non-hydrogen) atoms. The molecule has 0 spiro atoms. The van der Waals surface area contributed by atoms with Crippen molar-refractivity contribution in [1.82, 2.24) is 0 Å². The van der Waals surface area contributed by atoms with E-state index in [4.69, 9.17) is 47.4 Å². The Kier molecular flexibility index (Phi) is 28.5. The second-order valence-corrected chi connectivity index (χ2v) is 9.05. The van der Waals surface area contributed by atoms with E-state index in [1.54, 1.807) is 30.3 Å². The van der Waals surface area contributed by atoms with Gasteiger partial charge in [-0.1, -0.05) is 50.1 Å². The Morgan fingerprint density at radius 2 is 0.767 bits per heavy atom. The van der Waals surface area contributed by atoms with E-state index >= 15 is 0 Å². The predicted octanol–water partition coefficient (Wildman–Crippen LogP) is 2.75. The van der Waals surface area contributed by atoms with Gasteiger partial charge in [0.15, 0.2) is 0 Å². The lowest BCUT2D eigenvalue weighted by Gasteiger charge is -2.09. The smallest absolute Gasteiger partial charge is 0.379 e. The maximum atomic E-state index is 11.9. The van der Waals surface area contributed by atoms with Gasteiger partial charge in [0, 0.05) is 12.2 Å². The molecule has 12 nitrogen and oxygen atoms in total. The van der Waals surface area contributed by atoms with Gasteiger partial charge in [0.25, 0.3) is 5.78 Å². The molecular formula is C31H52O12. The van der Waals surface area contributed by atoms with Gasteiger partial charge in [0.2, 0.25) is 0 Å². The lowest BCUT2D eigenvalue weighted by Crippen LogP contribution is -2.20. The minimum absolute atomic E-state index is 0.00199. The largest absolute Gasteiger partial charge is 0.457 e. The van der Waals surface area contributed by atoms with Gasteiger partial charge >= 0.3 is 5.97 Å². The molecular weight excluding hydrogens is 564 g/mol. The van der Waals surface area contributed by atoms with Crippen LogP contribution < -0.4 is 0 Å². The van der Waals surface area contributed by atoms with Crippen LogP contribution in [0.3, 0.4) is 0 Å². The van der Waals surface area contributed by atoms with Gasteiger partial charge in [-0.25, -0.2) is 4.79 Å². The van der Waals surface area contributed by atoms with Crippen molar-refractivity contribution in [3.63, 3.8) is 0 Å². The lowest BCUT2D eigenvalue weighted by molar-refractivity contribution is -0.139. The van der Waals surface area contributed by atoms with Gasteiger partial charge < -0.3 is 47.4 Å². The van der Waals surface area contributed by atoms with E-state index in [0.717, 1.165) is 13.0 Å². The summed E-state index contributed by atoms with van der Waals surface area (Å²) in [5.74, 6) is -1.57.